The summed E-state index contributed by atoms with van der Waals surface area (Å²) in [6, 6.07) is 12.4. The number of hydrogen-bond acceptors (Lipinski definition) is 3. The molecule has 112 valence electrons. The number of nitrogens with zero attached hydrogens (tertiary/aromatic N) is 1. The van der Waals surface area contributed by atoms with Crippen LogP contribution in [0.3, 0.4) is 0 Å². The number of hydrogen-bond donors (Lipinski definition) is 2. The molecule has 6 heteroatoms. The van der Waals surface area contributed by atoms with E-state index in [0.29, 0.717) is 5.69 Å². The van der Waals surface area contributed by atoms with Crippen molar-refractivity contribution in [2.75, 3.05) is 5.32 Å². The lowest BCUT2D eigenvalue weighted by atomic mass is 10.1. The van der Waals surface area contributed by atoms with Gasteiger partial charge in [-0.2, -0.15) is 0 Å². The van der Waals surface area contributed by atoms with E-state index in [-0.39, 0.29) is 16.9 Å². The van der Waals surface area contributed by atoms with Crippen LogP contribution < -0.4 is 10.9 Å². The molecule has 0 atom stereocenters. The van der Waals surface area contributed by atoms with Crippen LogP contribution >= 0.6 is 0 Å². The van der Waals surface area contributed by atoms with Crippen molar-refractivity contribution in [3.8, 4) is 11.3 Å². The summed E-state index contributed by atoms with van der Waals surface area (Å²) in [5.74, 6) is -0.123. The van der Waals surface area contributed by atoms with E-state index in [1.165, 1.54) is 13.0 Å². The Hall–Kier alpha value is -2.99. The molecular formula is C16H15N3O3. The van der Waals surface area contributed by atoms with Crippen molar-refractivity contribution in [1.82, 2.24) is 9.97 Å². The zero-order valence-corrected chi connectivity index (χ0v) is 11.9. The first-order valence-electron chi connectivity index (χ1n) is 6.49. The average Bonchev–Trinajstić information content (AvgIpc) is 2.46. The molecule has 0 aliphatic carbocycles. The summed E-state index contributed by atoms with van der Waals surface area (Å²) < 4.78 is 0. The maximum absolute atomic E-state index is 11.4. The van der Waals surface area contributed by atoms with Gasteiger partial charge in [0.2, 0.25) is 11.5 Å². The maximum Gasteiger partial charge on any atom is 0.248 e. The third-order valence-electron chi connectivity index (χ3n) is 3.11. The number of rotatable bonds is 2. The number of aromatic nitrogens is 2. The highest BCUT2D eigenvalue weighted by Crippen LogP contribution is 2.26. The van der Waals surface area contributed by atoms with Crippen LogP contribution in [-0.2, 0) is 4.79 Å². The minimum atomic E-state index is -0.147. The normalized spacial score (nSPS) is 10.0. The van der Waals surface area contributed by atoms with Gasteiger partial charge in [-0.05, 0) is 24.3 Å². The number of aromatic amines is 1. The predicted octanol–water partition coefficient (Wildman–Crippen LogP) is 1.72. The molecule has 0 radical (unpaired) electrons. The minimum Gasteiger partial charge on any atom is -0.412 e. The summed E-state index contributed by atoms with van der Waals surface area (Å²) in [5, 5.41) is 3.61. The standard InChI is InChI=1S/C16H13N3O2.H2O/c1-10(20)18-12-4-2-3-11(9-12)16-13-5-6-15(21)19-14(13)7-8-17-16;/h2-9H,1H3,(H,18,20)(H,19,21);1H2. The van der Waals surface area contributed by atoms with E-state index in [9.17, 15) is 9.59 Å². The van der Waals surface area contributed by atoms with Crippen LogP contribution in [0.2, 0.25) is 0 Å². The fourth-order valence-corrected chi connectivity index (χ4v) is 2.26. The second-order valence-corrected chi connectivity index (χ2v) is 4.71. The van der Waals surface area contributed by atoms with Gasteiger partial charge in [-0.1, -0.05) is 12.1 Å². The lowest BCUT2D eigenvalue weighted by Crippen LogP contribution is -2.05. The van der Waals surface area contributed by atoms with Gasteiger partial charge in [-0.3, -0.25) is 14.6 Å². The number of anilines is 1. The predicted molar refractivity (Wildman–Crippen MR) is 85.7 cm³/mol. The molecule has 0 spiro atoms. The number of amides is 1. The molecule has 2 heterocycles. The van der Waals surface area contributed by atoms with E-state index in [1.807, 2.05) is 24.3 Å². The Morgan fingerprint density at radius 2 is 2.00 bits per heavy atom. The van der Waals surface area contributed by atoms with Gasteiger partial charge in [0, 0.05) is 35.8 Å². The Morgan fingerprint density at radius 3 is 2.77 bits per heavy atom. The lowest BCUT2D eigenvalue weighted by molar-refractivity contribution is -0.114. The topological polar surface area (TPSA) is 106 Å². The number of pyridine rings is 2. The Bertz CT molecular complexity index is 887. The highest BCUT2D eigenvalue weighted by atomic mass is 16.1. The molecule has 0 bridgehead atoms. The first-order valence-corrected chi connectivity index (χ1v) is 6.49. The molecule has 1 aromatic carbocycles. The van der Waals surface area contributed by atoms with Gasteiger partial charge in [0.25, 0.3) is 0 Å². The first kappa shape index (κ1) is 15.4. The monoisotopic (exact) mass is 297 g/mol. The van der Waals surface area contributed by atoms with E-state index in [1.54, 1.807) is 18.3 Å². The van der Waals surface area contributed by atoms with Crippen LogP contribution in [0.25, 0.3) is 22.2 Å². The summed E-state index contributed by atoms with van der Waals surface area (Å²) in [6.07, 6.45) is 1.65. The Labute approximate surface area is 126 Å². The molecule has 6 nitrogen and oxygen atoms in total. The second kappa shape index (κ2) is 6.19. The number of nitrogens with one attached hydrogen (secondary N) is 2. The van der Waals surface area contributed by atoms with Crippen LogP contribution in [0.1, 0.15) is 6.92 Å². The van der Waals surface area contributed by atoms with Crippen LogP contribution in [0.4, 0.5) is 5.69 Å². The highest BCUT2D eigenvalue weighted by Gasteiger charge is 2.07. The van der Waals surface area contributed by atoms with Crippen molar-refractivity contribution < 1.29 is 10.3 Å². The summed E-state index contributed by atoms with van der Waals surface area (Å²) in [6.45, 7) is 1.47. The van der Waals surface area contributed by atoms with Gasteiger partial charge in [0.05, 0.1) is 11.2 Å². The summed E-state index contributed by atoms with van der Waals surface area (Å²) >= 11 is 0. The summed E-state index contributed by atoms with van der Waals surface area (Å²) in [5.41, 5.74) is 2.93. The van der Waals surface area contributed by atoms with Crippen molar-refractivity contribution in [3.63, 3.8) is 0 Å². The van der Waals surface area contributed by atoms with Crippen molar-refractivity contribution >= 4 is 22.5 Å². The molecule has 0 aliphatic rings. The lowest BCUT2D eigenvalue weighted by Gasteiger charge is -2.08. The van der Waals surface area contributed by atoms with Crippen LogP contribution in [0, 0.1) is 0 Å². The third kappa shape index (κ3) is 3.02. The second-order valence-electron chi connectivity index (χ2n) is 4.71. The number of fused-ring (bicyclic) bond motifs is 1. The molecule has 0 saturated carbocycles. The summed E-state index contributed by atoms with van der Waals surface area (Å²) in [4.78, 5) is 29.7. The van der Waals surface area contributed by atoms with Gasteiger partial charge >= 0.3 is 0 Å². The van der Waals surface area contributed by atoms with Crippen molar-refractivity contribution in [2.24, 2.45) is 0 Å². The fraction of sp³-hybridized carbons (Fsp3) is 0.0625. The molecule has 4 N–H and O–H groups in total. The van der Waals surface area contributed by atoms with Gasteiger partial charge in [-0.25, -0.2) is 0 Å². The molecule has 0 fully saturated rings. The van der Waals surface area contributed by atoms with Crippen molar-refractivity contribution in [1.29, 1.82) is 0 Å². The maximum atomic E-state index is 11.4. The van der Waals surface area contributed by atoms with E-state index in [2.05, 4.69) is 15.3 Å². The largest absolute Gasteiger partial charge is 0.412 e. The molecule has 22 heavy (non-hydrogen) atoms. The average molecular weight is 297 g/mol. The van der Waals surface area contributed by atoms with Gasteiger partial charge in [0.1, 0.15) is 0 Å². The van der Waals surface area contributed by atoms with Gasteiger partial charge in [0.15, 0.2) is 0 Å². The van der Waals surface area contributed by atoms with Crippen molar-refractivity contribution in [2.45, 2.75) is 6.92 Å². The van der Waals surface area contributed by atoms with E-state index < -0.39 is 0 Å². The minimum absolute atomic E-state index is 0. The van der Waals surface area contributed by atoms with Crippen LogP contribution in [0.5, 0.6) is 0 Å². The molecule has 3 rings (SSSR count). The Balaban J connectivity index is 0.00000176. The molecular weight excluding hydrogens is 282 g/mol. The summed E-state index contributed by atoms with van der Waals surface area (Å²) in [7, 11) is 0. The van der Waals surface area contributed by atoms with Gasteiger partial charge < -0.3 is 15.8 Å². The zero-order valence-electron chi connectivity index (χ0n) is 11.9. The molecule has 0 aliphatic heterocycles. The molecule has 3 aromatic rings. The zero-order chi connectivity index (χ0) is 14.8. The molecule has 0 saturated heterocycles. The van der Waals surface area contributed by atoms with Gasteiger partial charge in [-0.15, -0.1) is 0 Å². The van der Waals surface area contributed by atoms with E-state index in [4.69, 9.17) is 0 Å². The molecule has 0 unspecified atom stereocenters. The molecule has 2 aromatic heterocycles. The highest BCUT2D eigenvalue weighted by molar-refractivity contribution is 5.94. The quantitative estimate of drug-likeness (QED) is 0.752. The number of H-pyrrole nitrogens is 1. The Kier molecular flexibility index (Phi) is 4.33. The third-order valence-corrected chi connectivity index (χ3v) is 3.11. The van der Waals surface area contributed by atoms with E-state index >= 15 is 0 Å². The van der Waals surface area contributed by atoms with E-state index in [0.717, 1.165) is 22.2 Å². The Morgan fingerprint density at radius 1 is 1.18 bits per heavy atom. The first-order chi connectivity index (χ1) is 10.1. The number of carbonyl (C=O) groups is 1. The molecule has 1 amide bonds. The van der Waals surface area contributed by atoms with Crippen LogP contribution in [0.15, 0.2) is 53.5 Å². The van der Waals surface area contributed by atoms with Crippen LogP contribution in [-0.4, -0.2) is 21.4 Å². The fourth-order valence-electron chi connectivity index (χ4n) is 2.26. The van der Waals surface area contributed by atoms with Crippen molar-refractivity contribution in [3.05, 3.63) is 59.0 Å². The number of benzene rings is 1. The number of carbonyl (C=O) groups excluding carboxylic acids is 1. The SMILES string of the molecule is CC(=O)Nc1cccc(-c2nccc3[nH]c(=O)ccc23)c1.O. The smallest absolute Gasteiger partial charge is 0.248 e.